The summed E-state index contributed by atoms with van der Waals surface area (Å²) in [5.41, 5.74) is 6.16. The van der Waals surface area contributed by atoms with Gasteiger partial charge >= 0.3 is 0 Å². The molecule has 110 valence electrons. The molecule has 0 aliphatic heterocycles. The van der Waals surface area contributed by atoms with Gasteiger partial charge in [0, 0.05) is 22.2 Å². The van der Waals surface area contributed by atoms with Gasteiger partial charge in [-0.2, -0.15) is 5.10 Å². The zero-order chi connectivity index (χ0) is 15.3. The SMILES string of the molecule is Cc1cccc(-n2c(C(C)C)cc3cc4[nH]ncc4cc32)c1. The third kappa shape index (κ3) is 1.93. The number of aromatic nitrogens is 3. The molecule has 2 aromatic carbocycles. The first-order valence-corrected chi connectivity index (χ1v) is 7.69. The number of rotatable bonds is 2. The fraction of sp³-hybridized carbons (Fsp3) is 0.211. The highest BCUT2D eigenvalue weighted by Crippen LogP contribution is 2.31. The maximum absolute atomic E-state index is 4.14. The van der Waals surface area contributed by atoms with Crippen molar-refractivity contribution in [2.75, 3.05) is 0 Å². The molecule has 3 nitrogen and oxygen atoms in total. The van der Waals surface area contributed by atoms with E-state index in [0.29, 0.717) is 5.92 Å². The van der Waals surface area contributed by atoms with E-state index < -0.39 is 0 Å². The number of H-pyrrole nitrogens is 1. The van der Waals surface area contributed by atoms with Crippen LogP contribution in [0.15, 0.2) is 48.7 Å². The Hall–Kier alpha value is -2.55. The van der Waals surface area contributed by atoms with Crippen LogP contribution >= 0.6 is 0 Å². The quantitative estimate of drug-likeness (QED) is 0.557. The standard InChI is InChI=1S/C19H19N3/c1-12(2)18-9-14-8-17-15(11-20-21-17)10-19(14)22(18)16-6-4-5-13(3)7-16/h4-12H,1-3H3,(H,20,21). The monoisotopic (exact) mass is 289 g/mol. The Morgan fingerprint density at radius 2 is 1.91 bits per heavy atom. The molecular formula is C19H19N3. The fourth-order valence-electron chi connectivity index (χ4n) is 3.15. The van der Waals surface area contributed by atoms with Crippen molar-refractivity contribution in [1.29, 1.82) is 0 Å². The van der Waals surface area contributed by atoms with Gasteiger partial charge in [-0.05, 0) is 48.7 Å². The van der Waals surface area contributed by atoms with Gasteiger partial charge in [0.05, 0.1) is 17.2 Å². The second kappa shape index (κ2) is 4.73. The molecule has 2 aromatic heterocycles. The topological polar surface area (TPSA) is 33.6 Å². The number of nitrogens with one attached hydrogen (secondary N) is 1. The normalized spacial score (nSPS) is 11.8. The average Bonchev–Trinajstić information content (AvgIpc) is 3.07. The first-order chi connectivity index (χ1) is 10.6. The molecule has 0 aliphatic rings. The van der Waals surface area contributed by atoms with Crippen LogP contribution in [0.5, 0.6) is 0 Å². The van der Waals surface area contributed by atoms with Gasteiger partial charge in [-0.3, -0.25) is 5.10 Å². The molecule has 0 bridgehead atoms. The summed E-state index contributed by atoms with van der Waals surface area (Å²) >= 11 is 0. The van der Waals surface area contributed by atoms with Gasteiger partial charge < -0.3 is 4.57 Å². The van der Waals surface area contributed by atoms with Crippen LogP contribution in [-0.2, 0) is 0 Å². The molecule has 0 atom stereocenters. The van der Waals surface area contributed by atoms with Crippen LogP contribution in [0.25, 0.3) is 27.5 Å². The van der Waals surface area contributed by atoms with Crippen LogP contribution < -0.4 is 0 Å². The summed E-state index contributed by atoms with van der Waals surface area (Å²) in [5.74, 6) is 0.462. The summed E-state index contributed by atoms with van der Waals surface area (Å²) < 4.78 is 2.37. The van der Waals surface area contributed by atoms with Crippen molar-refractivity contribution in [3.05, 3.63) is 59.9 Å². The average molecular weight is 289 g/mol. The van der Waals surface area contributed by atoms with Gasteiger partial charge in [-0.15, -0.1) is 0 Å². The highest BCUT2D eigenvalue weighted by Gasteiger charge is 2.14. The van der Waals surface area contributed by atoms with Gasteiger partial charge in [0.25, 0.3) is 0 Å². The Kier molecular flexibility index (Phi) is 2.83. The maximum atomic E-state index is 4.14. The lowest BCUT2D eigenvalue weighted by atomic mass is 10.1. The molecule has 4 rings (SSSR count). The number of fused-ring (bicyclic) bond motifs is 2. The molecule has 0 aliphatic carbocycles. The predicted octanol–water partition coefficient (Wildman–Crippen LogP) is 4.94. The Balaban J connectivity index is 2.10. The van der Waals surface area contributed by atoms with E-state index in [1.165, 1.54) is 27.8 Å². The largest absolute Gasteiger partial charge is 0.313 e. The van der Waals surface area contributed by atoms with Crippen LogP contribution in [0, 0.1) is 6.92 Å². The Morgan fingerprint density at radius 3 is 2.68 bits per heavy atom. The lowest BCUT2D eigenvalue weighted by Crippen LogP contribution is -2.01. The van der Waals surface area contributed by atoms with Crippen LogP contribution in [0.3, 0.4) is 0 Å². The summed E-state index contributed by atoms with van der Waals surface area (Å²) in [4.78, 5) is 0. The third-order valence-corrected chi connectivity index (χ3v) is 4.24. The highest BCUT2D eigenvalue weighted by molar-refractivity contribution is 5.96. The lowest BCUT2D eigenvalue weighted by molar-refractivity contribution is 0.796. The van der Waals surface area contributed by atoms with Crippen molar-refractivity contribution in [2.24, 2.45) is 0 Å². The smallest absolute Gasteiger partial charge is 0.0657 e. The molecule has 0 unspecified atom stereocenters. The Bertz CT molecular complexity index is 973. The third-order valence-electron chi connectivity index (χ3n) is 4.24. The van der Waals surface area contributed by atoms with Gasteiger partial charge in [0.2, 0.25) is 0 Å². The molecule has 4 aromatic rings. The van der Waals surface area contributed by atoms with Crippen LogP contribution in [0.1, 0.15) is 31.0 Å². The number of nitrogens with zero attached hydrogens (tertiary/aromatic N) is 2. The molecule has 22 heavy (non-hydrogen) atoms. The number of aryl methyl sites for hydroxylation is 1. The van der Waals surface area contributed by atoms with E-state index in [-0.39, 0.29) is 0 Å². The fourth-order valence-corrected chi connectivity index (χ4v) is 3.15. The summed E-state index contributed by atoms with van der Waals surface area (Å²) in [6.07, 6.45) is 1.89. The highest BCUT2D eigenvalue weighted by atomic mass is 15.1. The molecule has 0 saturated carbocycles. The molecule has 0 radical (unpaired) electrons. The molecule has 2 heterocycles. The van der Waals surface area contributed by atoms with Gasteiger partial charge in [0.1, 0.15) is 0 Å². The Labute approximate surface area is 129 Å². The van der Waals surface area contributed by atoms with E-state index in [1.807, 2.05) is 6.20 Å². The van der Waals surface area contributed by atoms with Gasteiger partial charge in [-0.1, -0.05) is 26.0 Å². The summed E-state index contributed by atoms with van der Waals surface area (Å²) in [7, 11) is 0. The van der Waals surface area contributed by atoms with E-state index in [0.717, 1.165) is 10.9 Å². The van der Waals surface area contributed by atoms with Gasteiger partial charge in [0.15, 0.2) is 0 Å². The van der Waals surface area contributed by atoms with Crippen LogP contribution in [-0.4, -0.2) is 14.8 Å². The maximum Gasteiger partial charge on any atom is 0.0657 e. The van der Waals surface area contributed by atoms with Crippen molar-refractivity contribution < 1.29 is 0 Å². The first kappa shape index (κ1) is 13.1. The van der Waals surface area contributed by atoms with E-state index >= 15 is 0 Å². The van der Waals surface area contributed by atoms with Crippen molar-refractivity contribution in [3.8, 4) is 5.69 Å². The number of aromatic amines is 1. The van der Waals surface area contributed by atoms with Crippen molar-refractivity contribution >= 4 is 21.8 Å². The Morgan fingerprint density at radius 1 is 1.05 bits per heavy atom. The second-order valence-electron chi connectivity index (χ2n) is 6.27. The molecule has 3 heteroatoms. The first-order valence-electron chi connectivity index (χ1n) is 7.69. The molecule has 0 fully saturated rings. The minimum absolute atomic E-state index is 0.462. The predicted molar refractivity (Wildman–Crippen MR) is 91.8 cm³/mol. The van der Waals surface area contributed by atoms with Crippen molar-refractivity contribution in [3.63, 3.8) is 0 Å². The minimum atomic E-state index is 0.462. The number of hydrogen-bond acceptors (Lipinski definition) is 1. The van der Waals surface area contributed by atoms with Crippen LogP contribution in [0.4, 0.5) is 0 Å². The van der Waals surface area contributed by atoms with Crippen molar-refractivity contribution in [2.45, 2.75) is 26.7 Å². The summed E-state index contributed by atoms with van der Waals surface area (Å²) in [6.45, 7) is 6.63. The second-order valence-corrected chi connectivity index (χ2v) is 6.27. The van der Waals surface area contributed by atoms with Gasteiger partial charge in [-0.25, -0.2) is 0 Å². The van der Waals surface area contributed by atoms with E-state index in [1.54, 1.807) is 0 Å². The van der Waals surface area contributed by atoms with E-state index in [2.05, 4.69) is 78.0 Å². The zero-order valence-electron chi connectivity index (χ0n) is 13.1. The summed E-state index contributed by atoms with van der Waals surface area (Å²) in [6, 6.07) is 15.4. The van der Waals surface area contributed by atoms with Crippen LogP contribution in [0.2, 0.25) is 0 Å². The lowest BCUT2D eigenvalue weighted by Gasteiger charge is -2.14. The molecular weight excluding hydrogens is 270 g/mol. The van der Waals surface area contributed by atoms with E-state index in [4.69, 9.17) is 0 Å². The molecule has 0 saturated heterocycles. The molecule has 0 amide bonds. The number of benzene rings is 2. The van der Waals surface area contributed by atoms with E-state index in [9.17, 15) is 0 Å². The molecule has 1 N–H and O–H groups in total. The zero-order valence-corrected chi connectivity index (χ0v) is 13.1. The summed E-state index contributed by atoms with van der Waals surface area (Å²) in [5, 5.41) is 9.60. The molecule has 0 spiro atoms. The van der Waals surface area contributed by atoms with Crippen molar-refractivity contribution in [1.82, 2.24) is 14.8 Å². The number of hydrogen-bond donors (Lipinski definition) is 1. The minimum Gasteiger partial charge on any atom is -0.313 e.